The number of carbonyl (C=O) groups is 2. The quantitative estimate of drug-likeness (QED) is 0.826. The first-order chi connectivity index (χ1) is 9.76. The minimum absolute atomic E-state index is 0.224. The van der Waals surface area contributed by atoms with Crippen LogP contribution in [0.5, 0.6) is 11.5 Å². The number of amides is 1. The summed E-state index contributed by atoms with van der Waals surface area (Å²) < 4.78 is 10.5. The van der Waals surface area contributed by atoms with Gasteiger partial charge in [-0.1, -0.05) is 6.07 Å². The van der Waals surface area contributed by atoms with Gasteiger partial charge < -0.3 is 19.8 Å². The van der Waals surface area contributed by atoms with Crippen LogP contribution in [0.15, 0.2) is 30.3 Å². The zero-order chi connectivity index (χ0) is 13.9. The van der Waals surface area contributed by atoms with Crippen molar-refractivity contribution in [3.05, 3.63) is 47.3 Å². The van der Waals surface area contributed by atoms with Crippen LogP contribution in [-0.4, -0.2) is 24.0 Å². The lowest BCUT2D eigenvalue weighted by atomic mass is 10.2. The Morgan fingerprint density at radius 1 is 1.25 bits per heavy atom. The summed E-state index contributed by atoms with van der Waals surface area (Å²) in [4.78, 5) is 25.1. The molecule has 6 heteroatoms. The molecule has 0 spiro atoms. The van der Waals surface area contributed by atoms with Crippen LogP contribution in [0.4, 0.5) is 0 Å². The van der Waals surface area contributed by atoms with E-state index in [2.05, 4.69) is 10.3 Å². The summed E-state index contributed by atoms with van der Waals surface area (Å²) in [5, 5.41) is 2.76. The first-order valence-corrected chi connectivity index (χ1v) is 6.07. The third-order valence-electron chi connectivity index (χ3n) is 2.97. The van der Waals surface area contributed by atoms with E-state index in [-0.39, 0.29) is 12.7 Å². The molecular weight excluding hydrogens is 260 g/mol. The van der Waals surface area contributed by atoms with E-state index in [0.717, 1.165) is 5.56 Å². The van der Waals surface area contributed by atoms with Gasteiger partial charge in [-0.3, -0.25) is 9.59 Å². The first-order valence-electron chi connectivity index (χ1n) is 6.07. The molecular formula is C14H12N2O4. The Kier molecular flexibility index (Phi) is 3.12. The van der Waals surface area contributed by atoms with Crippen molar-refractivity contribution >= 4 is 12.2 Å². The maximum atomic E-state index is 11.9. The van der Waals surface area contributed by atoms with Crippen LogP contribution in [0.25, 0.3) is 0 Å². The van der Waals surface area contributed by atoms with E-state index in [1.54, 1.807) is 12.1 Å². The smallest absolute Gasteiger partial charge is 0.267 e. The van der Waals surface area contributed by atoms with Gasteiger partial charge in [0.25, 0.3) is 5.91 Å². The normalized spacial score (nSPS) is 12.2. The molecule has 102 valence electrons. The molecule has 0 saturated heterocycles. The summed E-state index contributed by atoms with van der Waals surface area (Å²) in [5.74, 6) is 1.12. The van der Waals surface area contributed by atoms with Gasteiger partial charge in [-0.25, -0.2) is 0 Å². The number of H-pyrrole nitrogens is 1. The Morgan fingerprint density at radius 2 is 2.10 bits per heavy atom. The fourth-order valence-corrected chi connectivity index (χ4v) is 1.94. The average Bonchev–Trinajstić information content (AvgIpc) is 3.12. The molecule has 2 N–H and O–H groups in total. The first kappa shape index (κ1) is 12.3. The molecule has 2 aromatic rings. The molecule has 1 aliphatic heterocycles. The predicted molar refractivity (Wildman–Crippen MR) is 69.9 cm³/mol. The van der Waals surface area contributed by atoms with Crippen LogP contribution >= 0.6 is 0 Å². The second kappa shape index (κ2) is 5.08. The van der Waals surface area contributed by atoms with E-state index in [4.69, 9.17) is 9.47 Å². The van der Waals surface area contributed by atoms with E-state index in [9.17, 15) is 9.59 Å². The number of aromatic nitrogens is 1. The summed E-state index contributed by atoms with van der Waals surface area (Å²) >= 11 is 0. The highest BCUT2D eigenvalue weighted by Crippen LogP contribution is 2.32. The minimum atomic E-state index is -0.268. The van der Waals surface area contributed by atoms with Crippen LogP contribution < -0.4 is 14.8 Å². The molecule has 1 aromatic carbocycles. The molecule has 0 radical (unpaired) electrons. The van der Waals surface area contributed by atoms with Crippen molar-refractivity contribution in [2.75, 3.05) is 6.79 Å². The van der Waals surface area contributed by atoms with Crippen LogP contribution in [0.2, 0.25) is 0 Å². The van der Waals surface area contributed by atoms with Crippen LogP contribution in [0.1, 0.15) is 26.5 Å². The van der Waals surface area contributed by atoms with Crippen molar-refractivity contribution in [2.24, 2.45) is 0 Å². The van der Waals surface area contributed by atoms with Crippen molar-refractivity contribution in [3.8, 4) is 11.5 Å². The van der Waals surface area contributed by atoms with Crippen molar-refractivity contribution in [2.45, 2.75) is 6.54 Å². The van der Waals surface area contributed by atoms with Crippen molar-refractivity contribution in [1.82, 2.24) is 10.3 Å². The van der Waals surface area contributed by atoms with E-state index < -0.39 is 0 Å². The summed E-state index contributed by atoms with van der Waals surface area (Å²) in [5.41, 5.74) is 1.64. The SMILES string of the molecule is O=Cc1ccc(C(=O)NCc2ccc3c(c2)OCO3)[nH]1. The standard InChI is InChI=1S/C14H12N2O4/c17-7-10-2-3-11(16-10)14(18)15-6-9-1-4-12-13(5-9)20-8-19-12/h1-5,7,16H,6,8H2,(H,15,18). The topological polar surface area (TPSA) is 80.4 Å². The van der Waals surface area contributed by atoms with E-state index in [1.165, 1.54) is 0 Å². The Labute approximate surface area is 114 Å². The van der Waals surface area contributed by atoms with Gasteiger partial charge in [-0.2, -0.15) is 0 Å². The number of nitrogens with one attached hydrogen (secondary N) is 2. The third-order valence-corrected chi connectivity index (χ3v) is 2.97. The highest BCUT2D eigenvalue weighted by molar-refractivity contribution is 5.93. The van der Waals surface area contributed by atoms with Crippen LogP contribution in [0, 0.1) is 0 Å². The van der Waals surface area contributed by atoms with Crippen molar-refractivity contribution in [3.63, 3.8) is 0 Å². The second-order valence-corrected chi connectivity index (χ2v) is 4.32. The summed E-state index contributed by atoms with van der Waals surface area (Å²) in [6, 6.07) is 8.62. The van der Waals surface area contributed by atoms with Gasteiger partial charge in [0.1, 0.15) is 5.69 Å². The van der Waals surface area contributed by atoms with E-state index >= 15 is 0 Å². The zero-order valence-electron chi connectivity index (χ0n) is 10.5. The Hall–Kier alpha value is -2.76. The minimum Gasteiger partial charge on any atom is -0.454 e. The van der Waals surface area contributed by atoms with Gasteiger partial charge in [0.2, 0.25) is 6.79 Å². The van der Waals surface area contributed by atoms with Gasteiger partial charge in [0.05, 0.1) is 5.69 Å². The molecule has 0 atom stereocenters. The molecule has 0 bridgehead atoms. The molecule has 2 heterocycles. The van der Waals surface area contributed by atoms with Gasteiger partial charge in [0.15, 0.2) is 17.8 Å². The summed E-state index contributed by atoms with van der Waals surface area (Å²) in [6.07, 6.45) is 0.661. The highest BCUT2D eigenvalue weighted by Gasteiger charge is 2.14. The molecule has 1 aliphatic rings. The van der Waals surface area contributed by atoms with Crippen LogP contribution in [0.3, 0.4) is 0 Å². The van der Waals surface area contributed by atoms with Gasteiger partial charge in [0, 0.05) is 6.54 Å². The Bertz CT molecular complexity index is 663. The number of ether oxygens (including phenoxy) is 2. The molecule has 1 amide bonds. The fraction of sp³-hybridized carbons (Fsp3) is 0.143. The Balaban J connectivity index is 1.64. The lowest BCUT2D eigenvalue weighted by molar-refractivity contribution is 0.0946. The number of carbonyl (C=O) groups excluding carboxylic acids is 2. The maximum Gasteiger partial charge on any atom is 0.267 e. The highest BCUT2D eigenvalue weighted by atomic mass is 16.7. The van der Waals surface area contributed by atoms with Gasteiger partial charge in [-0.05, 0) is 29.8 Å². The number of rotatable bonds is 4. The number of aldehydes is 1. The third kappa shape index (κ3) is 2.35. The lowest BCUT2D eigenvalue weighted by Gasteiger charge is -2.05. The maximum absolute atomic E-state index is 11.9. The monoisotopic (exact) mass is 272 g/mol. The molecule has 0 fully saturated rings. The number of hydrogen-bond donors (Lipinski definition) is 2. The van der Waals surface area contributed by atoms with Gasteiger partial charge >= 0.3 is 0 Å². The molecule has 20 heavy (non-hydrogen) atoms. The lowest BCUT2D eigenvalue weighted by Crippen LogP contribution is -2.23. The molecule has 1 aromatic heterocycles. The number of fused-ring (bicyclic) bond motifs is 1. The number of aromatic amines is 1. The fourth-order valence-electron chi connectivity index (χ4n) is 1.94. The molecule has 3 rings (SSSR count). The number of hydrogen-bond acceptors (Lipinski definition) is 4. The van der Waals surface area contributed by atoms with Gasteiger partial charge in [-0.15, -0.1) is 0 Å². The zero-order valence-corrected chi connectivity index (χ0v) is 10.5. The molecule has 0 saturated carbocycles. The van der Waals surface area contributed by atoms with E-state index in [0.29, 0.717) is 35.7 Å². The number of benzene rings is 1. The molecule has 0 aliphatic carbocycles. The van der Waals surface area contributed by atoms with Crippen molar-refractivity contribution in [1.29, 1.82) is 0 Å². The van der Waals surface area contributed by atoms with Crippen molar-refractivity contribution < 1.29 is 19.1 Å². The largest absolute Gasteiger partial charge is 0.454 e. The molecule has 6 nitrogen and oxygen atoms in total. The second-order valence-electron chi connectivity index (χ2n) is 4.32. The van der Waals surface area contributed by atoms with Crippen LogP contribution in [-0.2, 0) is 6.54 Å². The molecule has 0 unspecified atom stereocenters. The Morgan fingerprint density at radius 3 is 2.90 bits per heavy atom. The van der Waals surface area contributed by atoms with E-state index in [1.807, 2.05) is 18.2 Å². The average molecular weight is 272 g/mol. The summed E-state index contributed by atoms with van der Waals surface area (Å²) in [6.45, 7) is 0.590. The summed E-state index contributed by atoms with van der Waals surface area (Å²) in [7, 11) is 0. The predicted octanol–water partition coefficient (Wildman–Crippen LogP) is 1.49.